The molecule has 4 rings (SSSR count). The maximum Gasteiger partial charge on any atom is 0.268 e. The van der Waals surface area contributed by atoms with E-state index in [-0.39, 0.29) is 24.3 Å². The molecule has 3 aromatic rings. The summed E-state index contributed by atoms with van der Waals surface area (Å²) in [5.41, 5.74) is 3.18. The molecule has 0 saturated heterocycles. The van der Waals surface area contributed by atoms with Crippen molar-refractivity contribution in [2.75, 3.05) is 57.3 Å². The Labute approximate surface area is 246 Å². The summed E-state index contributed by atoms with van der Waals surface area (Å²) < 4.78 is 5.98. The first-order chi connectivity index (χ1) is 19.2. The minimum Gasteiger partial charge on any atom is -0.493 e. The van der Waals surface area contributed by atoms with Gasteiger partial charge in [-0.1, -0.05) is 11.6 Å². The van der Waals surface area contributed by atoms with E-state index >= 15 is 0 Å². The first-order valence-electron chi connectivity index (χ1n) is 12.6. The first-order valence-corrected chi connectivity index (χ1v) is 15.2. The molecular formula is C28H31ClN4O5S2. The van der Waals surface area contributed by atoms with Gasteiger partial charge in [-0.15, -0.1) is 11.3 Å². The van der Waals surface area contributed by atoms with Gasteiger partial charge in [-0.3, -0.25) is 14.4 Å². The van der Waals surface area contributed by atoms with Crippen LogP contribution in [0.1, 0.15) is 36.0 Å². The summed E-state index contributed by atoms with van der Waals surface area (Å²) >= 11 is 9.49. The highest BCUT2D eigenvalue weighted by Crippen LogP contribution is 2.42. The molecule has 3 N–H and O–H groups in total. The maximum absolute atomic E-state index is 13.6. The van der Waals surface area contributed by atoms with Crippen molar-refractivity contribution in [3.8, 4) is 16.2 Å². The number of carbonyl (C=O) groups excluding carboxylic acids is 3. The molecule has 0 saturated carbocycles. The minimum absolute atomic E-state index is 0.148. The Bertz CT molecular complexity index is 1410. The van der Waals surface area contributed by atoms with Crippen LogP contribution in [0.5, 0.6) is 5.75 Å². The topological polar surface area (TPSA) is 114 Å². The SMILES string of the molecule is CSCCNC(=O)c1ccc2c(c1)OCCc1cc(C(=O)N(C)c3cc(C(=O)N(C)CCON)ccc3Cl)sc1-2. The third-order valence-electron chi connectivity index (χ3n) is 6.48. The Hall–Kier alpha value is -3.09. The molecule has 40 heavy (non-hydrogen) atoms. The van der Waals surface area contributed by atoms with Crippen molar-refractivity contribution in [3.05, 3.63) is 69.1 Å². The number of nitrogens with two attached hydrogens (primary N) is 1. The molecule has 12 heteroatoms. The molecule has 0 spiro atoms. The van der Waals surface area contributed by atoms with Gasteiger partial charge in [0.2, 0.25) is 0 Å². The van der Waals surface area contributed by atoms with E-state index in [1.807, 2.05) is 18.4 Å². The lowest BCUT2D eigenvalue weighted by molar-refractivity contribution is 0.0697. The molecule has 2 heterocycles. The molecule has 1 aliphatic heterocycles. The number of rotatable bonds is 10. The van der Waals surface area contributed by atoms with Gasteiger partial charge in [-0.2, -0.15) is 11.8 Å². The zero-order valence-electron chi connectivity index (χ0n) is 22.5. The third-order valence-corrected chi connectivity index (χ3v) is 8.61. The molecule has 0 fully saturated rings. The van der Waals surface area contributed by atoms with Gasteiger partial charge < -0.3 is 24.7 Å². The summed E-state index contributed by atoms with van der Waals surface area (Å²) in [4.78, 5) is 47.9. The summed E-state index contributed by atoms with van der Waals surface area (Å²) in [6, 6.07) is 12.1. The number of likely N-dealkylation sites (N-methyl/N-ethyl adjacent to an activating group) is 1. The molecule has 9 nitrogen and oxygen atoms in total. The number of nitrogens with zero attached hydrogens (tertiary/aromatic N) is 2. The average Bonchev–Trinajstić information content (AvgIpc) is 3.31. The fourth-order valence-electron chi connectivity index (χ4n) is 4.25. The summed E-state index contributed by atoms with van der Waals surface area (Å²) in [5, 5.41) is 3.26. The molecule has 0 radical (unpaired) electrons. The van der Waals surface area contributed by atoms with Crippen LogP contribution in [0.2, 0.25) is 5.02 Å². The number of amides is 3. The summed E-state index contributed by atoms with van der Waals surface area (Å²) in [7, 11) is 3.28. The van der Waals surface area contributed by atoms with Crippen LogP contribution in [-0.2, 0) is 11.3 Å². The van der Waals surface area contributed by atoms with Crippen molar-refractivity contribution in [3.63, 3.8) is 0 Å². The molecule has 2 aromatic carbocycles. The van der Waals surface area contributed by atoms with Gasteiger partial charge in [0.25, 0.3) is 17.7 Å². The summed E-state index contributed by atoms with van der Waals surface area (Å²) in [5.74, 6) is 5.89. The number of thioether (sulfide) groups is 1. The van der Waals surface area contributed by atoms with Crippen molar-refractivity contribution in [2.24, 2.45) is 5.90 Å². The van der Waals surface area contributed by atoms with E-state index in [1.54, 1.807) is 56.2 Å². The van der Waals surface area contributed by atoms with Gasteiger partial charge >= 0.3 is 0 Å². The molecule has 0 unspecified atom stereocenters. The number of hydrogen-bond donors (Lipinski definition) is 2. The van der Waals surface area contributed by atoms with Gasteiger partial charge in [0, 0.05) is 60.9 Å². The number of nitrogens with one attached hydrogen (secondary N) is 1. The van der Waals surface area contributed by atoms with Gasteiger partial charge in [0.05, 0.1) is 28.8 Å². The van der Waals surface area contributed by atoms with Crippen LogP contribution in [-0.4, -0.2) is 75.0 Å². The number of fused-ring (bicyclic) bond motifs is 3. The second kappa shape index (κ2) is 13.5. The standard InChI is InChI=1S/C28H31ClN4O5S2/c1-32(10-12-38-30)27(35)19-5-7-21(29)22(14-19)33(2)28(36)24-16-17-8-11-37-23-15-18(26(34)31-9-13-39-3)4-6-20(23)25(17)40-24/h4-7,14-16H,8-13,30H2,1-3H3,(H,31,34). The Morgan fingerprint density at radius 3 is 2.65 bits per heavy atom. The Kier molecular flexibility index (Phi) is 10.1. The number of ether oxygens (including phenoxy) is 1. The number of anilines is 1. The Morgan fingerprint density at radius 1 is 1.12 bits per heavy atom. The van der Waals surface area contributed by atoms with Crippen LogP contribution in [0.4, 0.5) is 5.69 Å². The number of thiophene rings is 1. The predicted molar refractivity (Wildman–Crippen MR) is 161 cm³/mol. The van der Waals surface area contributed by atoms with Crippen molar-refractivity contribution in [1.82, 2.24) is 10.2 Å². The molecule has 212 valence electrons. The summed E-state index contributed by atoms with van der Waals surface area (Å²) in [6.45, 7) is 1.53. The smallest absolute Gasteiger partial charge is 0.268 e. The lowest BCUT2D eigenvalue weighted by Gasteiger charge is -2.21. The molecular weight excluding hydrogens is 572 g/mol. The van der Waals surface area contributed by atoms with Gasteiger partial charge in [0.15, 0.2) is 0 Å². The largest absolute Gasteiger partial charge is 0.493 e. The normalized spacial score (nSPS) is 12.0. The van der Waals surface area contributed by atoms with Crippen LogP contribution in [0.25, 0.3) is 10.4 Å². The number of benzene rings is 2. The quantitative estimate of drug-likeness (QED) is 0.262. The Balaban J connectivity index is 1.58. The third kappa shape index (κ3) is 6.61. The Morgan fingerprint density at radius 2 is 1.90 bits per heavy atom. The van der Waals surface area contributed by atoms with Crippen molar-refractivity contribution in [2.45, 2.75) is 6.42 Å². The van der Waals surface area contributed by atoms with Crippen molar-refractivity contribution in [1.29, 1.82) is 0 Å². The van der Waals surface area contributed by atoms with Crippen LogP contribution >= 0.6 is 34.7 Å². The maximum atomic E-state index is 13.6. The number of carbonyl (C=O) groups is 3. The molecule has 0 atom stereocenters. The lowest BCUT2D eigenvalue weighted by Crippen LogP contribution is -2.31. The van der Waals surface area contributed by atoms with E-state index < -0.39 is 0 Å². The molecule has 3 amide bonds. The van der Waals surface area contributed by atoms with Gasteiger partial charge in [-0.25, -0.2) is 5.90 Å². The highest BCUT2D eigenvalue weighted by Gasteiger charge is 2.25. The molecule has 0 bridgehead atoms. The van der Waals surface area contributed by atoms with E-state index in [0.717, 1.165) is 21.8 Å². The highest BCUT2D eigenvalue weighted by atomic mass is 35.5. The van der Waals surface area contributed by atoms with E-state index in [0.29, 0.717) is 58.6 Å². The predicted octanol–water partition coefficient (Wildman–Crippen LogP) is 4.34. The molecule has 0 aliphatic carbocycles. The van der Waals surface area contributed by atoms with E-state index in [4.69, 9.17) is 22.2 Å². The zero-order chi connectivity index (χ0) is 28.8. The zero-order valence-corrected chi connectivity index (χ0v) is 24.9. The van der Waals surface area contributed by atoms with E-state index in [9.17, 15) is 14.4 Å². The number of hydrogen-bond acceptors (Lipinski definition) is 8. The molecule has 1 aromatic heterocycles. The van der Waals surface area contributed by atoms with Crippen molar-refractivity contribution >= 4 is 58.1 Å². The van der Waals surface area contributed by atoms with Crippen LogP contribution in [0.3, 0.4) is 0 Å². The highest BCUT2D eigenvalue weighted by molar-refractivity contribution is 7.98. The van der Waals surface area contributed by atoms with Crippen molar-refractivity contribution < 1.29 is 24.0 Å². The van der Waals surface area contributed by atoms with Crippen LogP contribution in [0.15, 0.2) is 42.5 Å². The van der Waals surface area contributed by atoms with E-state index in [2.05, 4.69) is 10.2 Å². The fourth-order valence-corrected chi connectivity index (χ4v) is 6.01. The summed E-state index contributed by atoms with van der Waals surface area (Å²) in [6.07, 6.45) is 2.61. The second-order valence-electron chi connectivity index (χ2n) is 9.15. The first kappa shape index (κ1) is 29.9. The van der Waals surface area contributed by atoms with Crippen LogP contribution < -0.4 is 20.9 Å². The minimum atomic E-state index is -0.248. The number of halogens is 1. The average molecular weight is 603 g/mol. The molecule has 1 aliphatic rings. The van der Waals surface area contributed by atoms with Crippen LogP contribution in [0, 0.1) is 0 Å². The van der Waals surface area contributed by atoms with Gasteiger partial charge in [0.1, 0.15) is 5.75 Å². The lowest BCUT2D eigenvalue weighted by atomic mass is 10.0. The van der Waals surface area contributed by atoms with Gasteiger partial charge in [-0.05, 0) is 54.3 Å². The second-order valence-corrected chi connectivity index (χ2v) is 11.6. The fraction of sp³-hybridized carbons (Fsp3) is 0.321. The van der Waals surface area contributed by atoms with E-state index in [1.165, 1.54) is 21.1 Å². The monoisotopic (exact) mass is 602 g/mol.